The first-order valence-electron chi connectivity index (χ1n) is 8.66. The van der Waals surface area contributed by atoms with Gasteiger partial charge in [-0.2, -0.15) is 0 Å². The summed E-state index contributed by atoms with van der Waals surface area (Å²) in [6.07, 6.45) is 2.94. The van der Waals surface area contributed by atoms with E-state index in [2.05, 4.69) is 39.5 Å². The Balaban J connectivity index is 1.27. The van der Waals surface area contributed by atoms with Crippen LogP contribution in [0.2, 0.25) is 0 Å². The lowest BCUT2D eigenvalue weighted by Gasteiger charge is -2.28. The third-order valence-corrected chi connectivity index (χ3v) is 5.29. The van der Waals surface area contributed by atoms with Gasteiger partial charge in [0.1, 0.15) is 6.61 Å². The molecule has 124 valence electrons. The number of aromatic nitrogens is 1. The molecule has 0 spiro atoms. The molecule has 1 aromatic carbocycles. The van der Waals surface area contributed by atoms with Gasteiger partial charge in [-0.15, -0.1) is 0 Å². The maximum Gasteiger partial charge on any atom is 0.257 e. The molecule has 2 bridgehead atoms. The molecule has 2 saturated heterocycles. The van der Waals surface area contributed by atoms with Gasteiger partial charge in [0.25, 0.3) is 5.88 Å². The van der Waals surface area contributed by atoms with Gasteiger partial charge in [-0.05, 0) is 29.7 Å². The lowest BCUT2D eigenvalue weighted by atomic mass is 10.1. The average Bonchev–Trinajstić information content (AvgIpc) is 3.25. The smallest absolute Gasteiger partial charge is 0.257 e. The van der Waals surface area contributed by atoms with Crippen LogP contribution in [0, 0.1) is 0 Å². The van der Waals surface area contributed by atoms with Crippen LogP contribution in [-0.2, 0) is 6.54 Å². The highest BCUT2D eigenvalue weighted by molar-refractivity contribution is 5.36. The van der Waals surface area contributed by atoms with Gasteiger partial charge in [0.2, 0.25) is 0 Å². The Hall–Kier alpha value is -2.11. The number of nitrogens with one attached hydrogen (secondary N) is 1. The molecule has 0 radical (unpaired) electrons. The first-order chi connectivity index (χ1) is 11.8. The van der Waals surface area contributed by atoms with Gasteiger partial charge in [-0.1, -0.05) is 24.3 Å². The summed E-state index contributed by atoms with van der Waals surface area (Å²) in [6.45, 7) is 3.88. The van der Waals surface area contributed by atoms with Gasteiger partial charge in [0, 0.05) is 37.9 Å². The van der Waals surface area contributed by atoms with Crippen LogP contribution in [0.15, 0.2) is 42.6 Å². The molecule has 4 heterocycles. The summed E-state index contributed by atoms with van der Waals surface area (Å²) in [6, 6.07) is 13.9. The van der Waals surface area contributed by atoms with Crippen molar-refractivity contribution in [1.82, 2.24) is 15.2 Å². The minimum absolute atomic E-state index is 0.0894. The molecule has 2 fully saturated rings. The van der Waals surface area contributed by atoms with Crippen molar-refractivity contribution in [2.24, 2.45) is 0 Å². The third kappa shape index (κ3) is 2.54. The van der Waals surface area contributed by atoms with E-state index in [9.17, 15) is 0 Å². The van der Waals surface area contributed by atoms with Gasteiger partial charge in [-0.25, -0.2) is 4.98 Å². The van der Waals surface area contributed by atoms with Crippen molar-refractivity contribution < 1.29 is 9.47 Å². The summed E-state index contributed by atoms with van der Waals surface area (Å²) in [4.78, 5) is 6.84. The van der Waals surface area contributed by atoms with Gasteiger partial charge in [0.05, 0.1) is 0 Å². The Kier molecular flexibility index (Phi) is 3.42. The molecule has 0 aliphatic carbocycles. The molecule has 0 saturated carbocycles. The van der Waals surface area contributed by atoms with E-state index in [-0.39, 0.29) is 6.10 Å². The maximum absolute atomic E-state index is 5.98. The molecule has 1 N–H and O–H groups in total. The predicted molar refractivity (Wildman–Crippen MR) is 90.1 cm³/mol. The molecule has 5 nitrogen and oxygen atoms in total. The van der Waals surface area contributed by atoms with Crippen molar-refractivity contribution in [3.8, 4) is 11.6 Å². The highest BCUT2D eigenvalue weighted by Gasteiger charge is 2.37. The number of benzene rings is 1. The molecule has 3 aliphatic heterocycles. The molecular formula is C19H21N3O2. The Bertz CT molecular complexity index is 734. The fourth-order valence-electron chi connectivity index (χ4n) is 3.99. The van der Waals surface area contributed by atoms with Crippen LogP contribution in [0.1, 0.15) is 23.7 Å². The van der Waals surface area contributed by atoms with Gasteiger partial charge in [0.15, 0.2) is 11.9 Å². The minimum atomic E-state index is -0.0894. The summed E-state index contributed by atoms with van der Waals surface area (Å²) >= 11 is 0. The summed E-state index contributed by atoms with van der Waals surface area (Å²) in [7, 11) is 0. The van der Waals surface area contributed by atoms with E-state index in [0.717, 1.165) is 24.4 Å². The Morgan fingerprint density at radius 2 is 2.12 bits per heavy atom. The molecular weight excluding hydrogens is 302 g/mol. The molecule has 2 aromatic rings. The molecule has 3 atom stereocenters. The number of fused-ring (bicyclic) bond motifs is 3. The van der Waals surface area contributed by atoms with Crippen LogP contribution >= 0.6 is 0 Å². The fraction of sp³-hybridized carbons (Fsp3) is 0.421. The van der Waals surface area contributed by atoms with Crippen molar-refractivity contribution in [3.63, 3.8) is 0 Å². The van der Waals surface area contributed by atoms with Crippen LogP contribution in [0.4, 0.5) is 0 Å². The molecule has 0 amide bonds. The Morgan fingerprint density at radius 3 is 2.92 bits per heavy atom. The molecule has 5 heteroatoms. The van der Waals surface area contributed by atoms with E-state index in [1.807, 2.05) is 12.1 Å². The average molecular weight is 323 g/mol. The van der Waals surface area contributed by atoms with Crippen molar-refractivity contribution in [2.75, 3.05) is 19.7 Å². The SMILES string of the molecule is c1cnc2c(c1)OC[C@H](c1ccc(CN3C[C@@H]4C[C@H]3CN4)cc1)O2. The van der Waals surface area contributed by atoms with Gasteiger partial charge >= 0.3 is 0 Å². The summed E-state index contributed by atoms with van der Waals surface area (Å²) in [5.74, 6) is 1.31. The third-order valence-electron chi connectivity index (χ3n) is 5.29. The van der Waals surface area contributed by atoms with E-state index < -0.39 is 0 Å². The van der Waals surface area contributed by atoms with Crippen molar-refractivity contribution >= 4 is 0 Å². The number of likely N-dealkylation sites (tertiary alicyclic amines) is 1. The van der Waals surface area contributed by atoms with Crippen molar-refractivity contribution in [1.29, 1.82) is 0 Å². The number of hydrogen-bond acceptors (Lipinski definition) is 5. The number of nitrogens with zero attached hydrogens (tertiary/aromatic N) is 2. The van der Waals surface area contributed by atoms with Gasteiger partial charge < -0.3 is 14.8 Å². The molecule has 24 heavy (non-hydrogen) atoms. The number of ether oxygens (including phenoxy) is 2. The van der Waals surface area contributed by atoms with E-state index in [0.29, 0.717) is 24.6 Å². The highest BCUT2D eigenvalue weighted by Crippen LogP contribution is 2.34. The second-order valence-corrected chi connectivity index (χ2v) is 6.89. The highest BCUT2D eigenvalue weighted by atomic mass is 16.6. The zero-order valence-electron chi connectivity index (χ0n) is 13.5. The van der Waals surface area contributed by atoms with Crippen LogP contribution in [0.3, 0.4) is 0 Å². The van der Waals surface area contributed by atoms with E-state index in [1.54, 1.807) is 6.20 Å². The largest absolute Gasteiger partial charge is 0.484 e. The van der Waals surface area contributed by atoms with Crippen LogP contribution in [0.5, 0.6) is 11.6 Å². The lowest BCUT2D eigenvalue weighted by Crippen LogP contribution is -2.42. The van der Waals surface area contributed by atoms with E-state index in [1.165, 1.54) is 18.5 Å². The molecule has 1 aromatic heterocycles. The zero-order valence-corrected chi connectivity index (χ0v) is 13.5. The quantitative estimate of drug-likeness (QED) is 0.938. The van der Waals surface area contributed by atoms with Crippen molar-refractivity contribution in [3.05, 3.63) is 53.7 Å². The normalized spacial score (nSPS) is 28.2. The number of hydrogen-bond donors (Lipinski definition) is 1. The van der Waals surface area contributed by atoms with E-state index in [4.69, 9.17) is 9.47 Å². The Labute approximate surface area is 141 Å². The summed E-state index contributed by atoms with van der Waals surface area (Å²) < 4.78 is 11.7. The Morgan fingerprint density at radius 1 is 1.21 bits per heavy atom. The topological polar surface area (TPSA) is 46.6 Å². The first-order valence-corrected chi connectivity index (χ1v) is 8.66. The summed E-state index contributed by atoms with van der Waals surface area (Å²) in [5.41, 5.74) is 2.50. The van der Waals surface area contributed by atoms with Crippen LogP contribution < -0.4 is 14.8 Å². The first kappa shape index (κ1) is 14.3. The minimum Gasteiger partial charge on any atom is -0.484 e. The second-order valence-electron chi connectivity index (χ2n) is 6.89. The molecule has 0 unspecified atom stereocenters. The number of pyridine rings is 1. The predicted octanol–water partition coefficient (Wildman–Crippen LogP) is 2.14. The van der Waals surface area contributed by atoms with Crippen LogP contribution in [0.25, 0.3) is 0 Å². The molecule has 3 aliphatic rings. The van der Waals surface area contributed by atoms with Crippen molar-refractivity contribution in [2.45, 2.75) is 31.2 Å². The summed E-state index contributed by atoms with van der Waals surface area (Å²) in [5, 5.41) is 3.55. The van der Waals surface area contributed by atoms with Crippen LogP contribution in [-0.4, -0.2) is 41.7 Å². The number of rotatable bonds is 3. The van der Waals surface area contributed by atoms with E-state index >= 15 is 0 Å². The molecule has 5 rings (SSSR count). The fourth-order valence-corrected chi connectivity index (χ4v) is 3.99. The van der Waals surface area contributed by atoms with Gasteiger partial charge in [-0.3, -0.25) is 4.90 Å². The monoisotopic (exact) mass is 323 g/mol. The standard InChI is InChI=1S/C19H21N3O2/c1-2-17-19(20-7-1)24-18(12-23-17)14-5-3-13(4-6-14)10-22-11-15-8-16(22)9-21-15/h1-7,15-16,18,21H,8-12H2/t15-,16-,18+/m0/s1. The second kappa shape index (κ2) is 5.76. The lowest BCUT2D eigenvalue weighted by molar-refractivity contribution is 0.0850. The number of piperazine rings is 1. The zero-order chi connectivity index (χ0) is 15.9. The maximum atomic E-state index is 5.98.